The molecule has 0 aliphatic rings. The van der Waals surface area contributed by atoms with E-state index in [0.717, 1.165) is 10.9 Å². The van der Waals surface area contributed by atoms with Crippen LogP contribution in [-0.4, -0.2) is 23.0 Å². The maximum Gasteiger partial charge on any atom is 0.257 e. The van der Waals surface area contributed by atoms with Gasteiger partial charge in [-0.1, -0.05) is 28.9 Å². The molecule has 7 heteroatoms. The zero-order chi connectivity index (χ0) is 19.1. The number of thiocarbonyl (C=S) groups is 1. The lowest BCUT2D eigenvalue weighted by Gasteiger charge is -2.12. The molecule has 0 saturated carbocycles. The predicted molar refractivity (Wildman–Crippen MR) is 111 cm³/mol. The number of benzene rings is 2. The van der Waals surface area contributed by atoms with Crippen LogP contribution in [0.1, 0.15) is 41.0 Å². The van der Waals surface area contributed by atoms with Crippen molar-refractivity contribution >= 4 is 50.8 Å². The lowest BCUT2D eigenvalue weighted by atomic mass is 10.1. The highest BCUT2D eigenvalue weighted by Gasteiger charge is 2.10. The van der Waals surface area contributed by atoms with Crippen molar-refractivity contribution in [2.24, 2.45) is 0 Å². The summed E-state index contributed by atoms with van der Waals surface area (Å²) in [6, 6.07) is 14.0. The summed E-state index contributed by atoms with van der Waals surface area (Å²) in [6.07, 6.45) is 0.872. The topological polar surface area (TPSA) is 70.2 Å². The zero-order valence-electron chi connectivity index (χ0n) is 14.5. The van der Waals surface area contributed by atoms with E-state index in [0.29, 0.717) is 16.8 Å². The lowest BCUT2D eigenvalue weighted by molar-refractivity contribution is 0.0937. The number of carbonyl (C=O) groups excluding carboxylic acids is 2. The van der Waals surface area contributed by atoms with E-state index in [1.807, 2.05) is 19.9 Å². The van der Waals surface area contributed by atoms with Crippen molar-refractivity contribution in [1.82, 2.24) is 10.6 Å². The van der Waals surface area contributed by atoms with Crippen LogP contribution in [0.4, 0.5) is 5.69 Å². The largest absolute Gasteiger partial charge is 0.350 e. The van der Waals surface area contributed by atoms with Crippen molar-refractivity contribution in [2.45, 2.75) is 26.3 Å². The number of carbonyl (C=O) groups is 2. The van der Waals surface area contributed by atoms with Gasteiger partial charge in [-0.05, 0) is 68.0 Å². The van der Waals surface area contributed by atoms with Gasteiger partial charge in [0.15, 0.2) is 5.11 Å². The minimum absolute atomic E-state index is 0.114. The van der Waals surface area contributed by atoms with Gasteiger partial charge in [0.25, 0.3) is 11.8 Å². The molecule has 0 aliphatic carbocycles. The molecule has 0 spiro atoms. The van der Waals surface area contributed by atoms with Crippen LogP contribution in [0.15, 0.2) is 53.0 Å². The molecule has 5 nitrogen and oxygen atoms in total. The second-order valence-electron chi connectivity index (χ2n) is 5.78. The second kappa shape index (κ2) is 9.45. The smallest absolute Gasteiger partial charge is 0.257 e. The van der Waals surface area contributed by atoms with Gasteiger partial charge in [0, 0.05) is 27.3 Å². The summed E-state index contributed by atoms with van der Waals surface area (Å²) < 4.78 is 0.815. The lowest BCUT2D eigenvalue weighted by Crippen LogP contribution is -2.34. The molecule has 2 aromatic rings. The van der Waals surface area contributed by atoms with Crippen LogP contribution < -0.4 is 16.0 Å². The summed E-state index contributed by atoms with van der Waals surface area (Å²) in [6.45, 7) is 3.97. The predicted octanol–water partition coefficient (Wildman–Crippen LogP) is 4.10. The van der Waals surface area contributed by atoms with E-state index in [4.69, 9.17) is 12.2 Å². The molecule has 0 bridgehead atoms. The fourth-order valence-electron chi connectivity index (χ4n) is 2.08. The van der Waals surface area contributed by atoms with Crippen LogP contribution in [0.2, 0.25) is 0 Å². The fourth-order valence-corrected chi connectivity index (χ4v) is 2.69. The van der Waals surface area contributed by atoms with E-state index >= 15 is 0 Å². The number of hydrogen-bond acceptors (Lipinski definition) is 3. The number of halogens is 1. The molecule has 0 aliphatic heterocycles. The Morgan fingerprint density at radius 1 is 1.08 bits per heavy atom. The third-order valence-corrected chi connectivity index (χ3v) is 4.41. The molecular formula is C19H20BrN3O2S. The molecule has 2 amide bonds. The summed E-state index contributed by atoms with van der Waals surface area (Å²) in [5, 5.41) is 8.65. The van der Waals surface area contributed by atoms with Crippen molar-refractivity contribution in [1.29, 1.82) is 0 Å². The molecule has 2 aromatic carbocycles. The van der Waals surface area contributed by atoms with Gasteiger partial charge < -0.3 is 10.6 Å². The standard InChI is InChI=1S/C19H20BrN3O2S/c1-3-12(2)21-17(24)13-7-9-16(10-8-13)22-19(26)23-18(25)14-5-4-6-15(20)11-14/h4-12H,3H2,1-2H3,(H,21,24)(H2,22,23,25,26). The minimum Gasteiger partial charge on any atom is -0.350 e. The van der Waals surface area contributed by atoms with E-state index < -0.39 is 0 Å². The number of amides is 2. The Labute approximate surface area is 166 Å². The van der Waals surface area contributed by atoms with E-state index in [-0.39, 0.29) is 23.0 Å². The van der Waals surface area contributed by atoms with Gasteiger partial charge >= 0.3 is 0 Å². The van der Waals surface area contributed by atoms with Crippen molar-refractivity contribution in [3.63, 3.8) is 0 Å². The van der Waals surface area contributed by atoms with Crippen molar-refractivity contribution in [3.8, 4) is 0 Å². The summed E-state index contributed by atoms with van der Waals surface area (Å²) in [5.41, 5.74) is 1.75. The Balaban J connectivity index is 1.93. The fraction of sp³-hybridized carbons (Fsp3) is 0.211. The van der Waals surface area contributed by atoms with Crippen LogP contribution in [0, 0.1) is 0 Å². The normalized spacial score (nSPS) is 11.3. The number of anilines is 1. The first-order valence-corrected chi connectivity index (χ1v) is 9.38. The van der Waals surface area contributed by atoms with Crippen LogP contribution in [0.5, 0.6) is 0 Å². The molecular weight excluding hydrogens is 414 g/mol. The van der Waals surface area contributed by atoms with Gasteiger partial charge in [-0.25, -0.2) is 0 Å². The molecule has 3 N–H and O–H groups in total. The molecule has 0 radical (unpaired) electrons. The highest BCUT2D eigenvalue weighted by atomic mass is 79.9. The van der Waals surface area contributed by atoms with E-state index in [1.54, 1.807) is 42.5 Å². The van der Waals surface area contributed by atoms with Gasteiger partial charge in [-0.3, -0.25) is 14.9 Å². The average molecular weight is 434 g/mol. The van der Waals surface area contributed by atoms with Crippen LogP contribution >= 0.6 is 28.1 Å². The Kier molecular flexibility index (Phi) is 7.29. The summed E-state index contributed by atoms with van der Waals surface area (Å²) in [5.74, 6) is -0.412. The third-order valence-electron chi connectivity index (χ3n) is 3.71. The Hall–Kier alpha value is -2.25. The van der Waals surface area contributed by atoms with Crippen molar-refractivity contribution in [3.05, 3.63) is 64.1 Å². The molecule has 0 aromatic heterocycles. The first-order valence-electron chi connectivity index (χ1n) is 8.18. The molecule has 26 heavy (non-hydrogen) atoms. The zero-order valence-corrected chi connectivity index (χ0v) is 16.9. The van der Waals surface area contributed by atoms with Gasteiger partial charge in [-0.15, -0.1) is 0 Å². The van der Waals surface area contributed by atoms with Crippen LogP contribution in [0.3, 0.4) is 0 Å². The van der Waals surface area contributed by atoms with E-state index in [9.17, 15) is 9.59 Å². The Morgan fingerprint density at radius 3 is 2.38 bits per heavy atom. The van der Waals surface area contributed by atoms with E-state index in [2.05, 4.69) is 31.9 Å². The van der Waals surface area contributed by atoms with E-state index in [1.165, 1.54) is 0 Å². The molecule has 0 heterocycles. The molecule has 1 unspecified atom stereocenters. The first kappa shape index (κ1) is 20.1. The summed E-state index contributed by atoms with van der Waals surface area (Å²) in [4.78, 5) is 24.2. The highest BCUT2D eigenvalue weighted by molar-refractivity contribution is 9.10. The average Bonchev–Trinajstić information content (AvgIpc) is 2.62. The van der Waals surface area contributed by atoms with Gasteiger partial charge in [0.2, 0.25) is 0 Å². The SMILES string of the molecule is CCC(C)NC(=O)c1ccc(NC(=S)NC(=O)c2cccc(Br)c2)cc1. The van der Waals surface area contributed by atoms with Gasteiger partial charge in [0.1, 0.15) is 0 Å². The van der Waals surface area contributed by atoms with Gasteiger partial charge in [0.05, 0.1) is 0 Å². The number of hydrogen-bond donors (Lipinski definition) is 3. The molecule has 2 rings (SSSR count). The van der Waals surface area contributed by atoms with Crippen molar-refractivity contribution < 1.29 is 9.59 Å². The quantitative estimate of drug-likeness (QED) is 0.620. The number of nitrogens with one attached hydrogen (secondary N) is 3. The van der Waals surface area contributed by atoms with Crippen LogP contribution in [-0.2, 0) is 0 Å². The monoisotopic (exact) mass is 433 g/mol. The summed E-state index contributed by atoms with van der Waals surface area (Å²) >= 11 is 8.50. The van der Waals surface area contributed by atoms with Crippen molar-refractivity contribution in [2.75, 3.05) is 5.32 Å². The number of rotatable bonds is 5. The van der Waals surface area contributed by atoms with Gasteiger partial charge in [-0.2, -0.15) is 0 Å². The maximum atomic E-state index is 12.2. The summed E-state index contributed by atoms with van der Waals surface area (Å²) in [7, 11) is 0. The maximum absolute atomic E-state index is 12.2. The molecule has 0 saturated heterocycles. The molecule has 1 atom stereocenters. The highest BCUT2D eigenvalue weighted by Crippen LogP contribution is 2.12. The first-order chi connectivity index (χ1) is 12.4. The molecule has 0 fully saturated rings. The molecule has 136 valence electrons. The second-order valence-corrected chi connectivity index (χ2v) is 7.10. The Morgan fingerprint density at radius 2 is 1.77 bits per heavy atom. The van der Waals surface area contributed by atoms with Crippen LogP contribution in [0.25, 0.3) is 0 Å². The Bertz CT molecular complexity index is 809. The third kappa shape index (κ3) is 5.93. The minimum atomic E-state index is -0.298.